The molecule has 7 nitrogen and oxygen atoms in total. The summed E-state index contributed by atoms with van der Waals surface area (Å²) >= 11 is 0. The smallest absolute Gasteiger partial charge is 0.253 e. The molecular weight excluding hydrogens is 488 g/mol. The van der Waals surface area contributed by atoms with Crippen LogP contribution < -0.4 is 15.8 Å². The Kier molecular flexibility index (Phi) is 9.67. The highest BCUT2D eigenvalue weighted by molar-refractivity contribution is 5.98. The molecule has 212 valence electrons. The molecule has 2 atom stereocenters. The highest BCUT2D eigenvalue weighted by Crippen LogP contribution is 2.35. The molecule has 2 heterocycles. The number of hydrogen-bond donors (Lipinski definition) is 2. The Bertz CT molecular complexity index is 1260. The second-order valence-corrected chi connectivity index (χ2v) is 11.4. The van der Waals surface area contributed by atoms with Crippen LogP contribution in [0.1, 0.15) is 83.8 Å². The van der Waals surface area contributed by atoms with Crippen LogP contribution in [0.25, 0.3) is 5.57 Å². The number of carbonyl (C=O) groups excluding carboxylic acids is 1. The van der Waals surface area contributed by atoms with E-state index in [0.717, 1.165) is 53.9 Å². The van der Waals surface area contributed by atoms with Gasteiger partial charge in [-0.3, -0.25) is 9.59 Å². The van der Waals surface area contributed by atoms with Gasteiger partial charge in [0.05, 0.1) is 13.2 Å². The second kappa shape index (κ2) is 13.0. The van der Waals surface area contributed by atoms with E-state index in [9.17, 15) is 9.59 Å². The Balaban J connectivity index is 1.68. The zero-order valence-electron chi connectivity index (χ0n) is 24.7. The number of nitrogens with zero attached hydrogens (tertiary/aromatic N) is 2. The van der Waals surface area contributed by atoms with Crippen molar-refractivity contribution in [2.45, 2.75) is 84.8 Å². The second-order valence-electron chi connectivity index (χ2n) is 11.4. The van der Waals surface area contributed by atoms with Gasteiger partial charge in [-0.25, -0.2) is 0 Å². The summed E-state index contributed by atoms with van der Waals surface area (Å²) in [6.07, 6.45) is 8.91. The van der Waals surface area contributed by atoms with Crippen molar-refractivity contribution >= 4 is 17.2 Å². The van der Waals surface area contributed by atoms with E-state index in [-0.39, 0.29) is 18.0 Å². The molecule has 1 aliphatic carbocycles. The fraction of sp³-hybridized carbons (Fsp3) is 0.562. The van der Waals surface area contributed by atoms with Crippen molar-refractivity contribution in [3.63, 3.8) is 0 Å². The fourth-order valence-electron chi connectivity index (χ4n) is 6.29. The predicted octanol–water partition coefficient (Wildman–Crippen LogP) is 5.12. The van der Waals surface area contributed by atoms with Gasteiger partial charge < -0.3 is 24.8 Å². The Morgan fingerprint density at radius 1 is 1.08 bits per heavy atom. The van der Waals surface area contributed by atoms with Gasteiger partial charge in [-0.2, -0.15) is 0 Å². The molecule has 0 saturated heterocycles. The first-order valence-corrected chi connectivity index (χ1v) is 14.5. The zero-order chi connectivity index (χ0) is 28.1. The summed E-state index contributed by atoms with van der Waals surface area (Å²) in [6.45, 7) is 10.5. The minimum Gasteiger partial charge on any atom is -0.377 e. The molecule has 4 rings (SSSR count). The largest absolute Gasteiger partial charge is 0.377 e. The maximum Gasteiger partial charge on any atom is 0.253 e. The molecule has 0 radical (unpaired) electrons. The first kappa shape index (κ1) is 29.1. The van der Waals surface area contributed by atoms with Crippen molar-refractivity contribution in [3.05, 3.63) is 68.1 Å². The summed E-state index contributed by atoms with van der Waals surface area (Å²) in [5, 5.41) is 3.05. The number of benzene rings is 1. The molecule has 1 amide bonds. The van der Waals surface area contributed by atoms with Crippen LogP contribution in [0.4, 0.5) is 5.69 Å². The van der Waals surface area contributed by atoms with E-state index in [2.05, 4.69) is 60.2 Å². The number of carbonyl (C=O) groups is 1. The van der Waals surface area contributed by atoms with Gasteiger partial charge in [-0.1, -0.05) is 6.08 Å². The summed E-state index contributed by atoms with van der Waals surface area (Å²) in [5.74, 6) is -0.146. The lowest BCUT2D eigenvalue weighted by Gasteiger charge is -2.35. The van der Waals surface area contributed by atoms with Crippen molar-refractivity contribution in [1.82, 2.24) is 15.2 Å². The van der Waals surface area contributed by atoms with Crippen LogP contribution in [-0.4, -0.2) is 61.7 Å². The summed E-state index contributed by atoms with van der Waals surface area (Å²) < 4.78 is 5.58. The average Bonchev–Trinajstić information content (AvgIpc) is 3.16. The number of nitrogens with one attached hydrogen (secondary N) is 2. The molecule has 1 aromatic heterocycles. The molecule has 0 spiro atoms. The van der Waals surface area contributed by atoms with Gasteiger partial charge >= 0.3 is 0 Å². The van der Waals surface area contributed by atoms with Crippen LogP contribution in [0.5, 0.6) is 0 Å². The monoisotopic (exact) mass is 534 g/mol. The van der Waals surface area contributed by atoms with Crippen molar-refractivity contribution in [1.29, 1.82) is 0 Å². The van der Waals surface area contributed by atoms with Gasteiger partial charge in [0, 0.05) is 47.7 Å². The molecule has 1 fully saturated rings. The first-order chi connectivity index (χ1) is 18.7. The molecule has 39 heavy (non-hydrogen) atoms. The Morgan fingerprint density at radius 3 is 2.49 bits per heavy atom. The number of anilines is 1. The van der Waals surface area contributed by atoms with Gasteiger partial charge in [-0.15, -0.1) is 0 Å². The maximum atomic E-state index is 13.7. The molecule has 7 heteroatoms. The van der Waals surface area contributed by atoms with Crippen LogP contribution in [0.3, 0.4) is 0 Å². The van der Waals surface area contributed by atoms with E-state index in [4.69, 9.17) is 4.74 Å². The number of H-pyrrole nitrogens is 1. The topological polar surface area (TPSA) is 77.7 Å². The first-order valence-electron chi connectivity index (χ1n) is 14.5. The molecule has 1 aliphatic heterocycles. The van der Waals surface area contributed by atoms with Crippen molar-refractivity contribution in [2.75, 3.05) is 38.8 Å². The normalized spacial score (nSPS) is 19.9. The molecule has 1 aromatic carbocycles. The molecule has 2 unspecified atom stereocenters. The molecule has 2 N–H and O–H groups in total. The highest BCUT2D eigenvalue weighted by atomic mass is 16.5. The molecule has 2 aliphatic rings. The number of aromatic amines is 1. The Labute approximate surface area is 233 Å². The number of pyridine rings is 1. The van der Waals surface area contributed by atoms with Gasteiger partial charge in [0.15, 0.2) is 0 Å². The van der Waals surface area contributed by atoms with E-state index < -0.39 is 0 Å². The lowest BCUT2D eigenvalue weighted by atomic mass is 9.93. The molecular formula is C32H46N4O3. The maximum absolute atomic E-state index is 13.7. The zero-order valence-corrected chi connectivity index (χ0v) is 24.7. The highest BCUT2D eigenvalue weighted by Gasteiger charge is 2.27. The Morgan fingerprint density at radius 2 is 1.82 bits per heavy atom. The number of hydrogen-bond acceptors (Lipinski definition) is 5. The molecule has 1 saturated carbocycles. The van der Waals surface area contributed by atoms with Crippen LogP contribution >= 0.6 is 0 Å². The lowest BCUT2D eigenvalue weighted by molar-refractivity contribution is 0.0950. The van der Waals surface area contributed by atoms with Gasteiger partial charge in [0.2, 0.25) is 0 Å². The van der Waals surface area contributed by atoms with Gasteiger partial charge in [-0.05, 0) is 121 Å². The standard InChI is InChI=1S/C32H46N4O3/c1-7-36(27-10-8-9-26(11-12-27)35(5)6)30-19-25(24-13-15-39-16-14-24)18-28(23(30)4)31(37)33-20-29-21(2)17-22(3)34-32(29)38/h13,17-19,26-27H,7-12,14-16,20H2,1-6H3,(H,33,37)(H,34,38). The van der Waals surface area contributed by atoms with Gasteiger partial charge in [0.25, 0.3) is 11.5 Å². The number of amides is 1. The fourth-order valence-corrected chi connectivity index (χ4v) is 6.29. The van der Waals surface area contributed by atoms with E-state index in [1.807, 2.05) is 26.0 Å². The summed E-state index contributed by atoms with van der Waals surface area (Å²) in [4.78, 5) is 34.0. The van der Waals surface area contributed by atoms with Gasteiger partial charge in [0.1, 0.15) is 0 Å². The van der Waals surface area contributed by atoms with E-state index in [1.165, 1.54) is 24.8 Å². The average molecular weight is 535 g/mol. The van der Waals surface area contributed by atoms with Crippen LogP contribution in [-0.2, 0) is 11.3 Å². The summed E-state index contributed by atoms with van der Waals surface area (Å²) in [7, 11) is 4.38. The number of aryl methyl sites for hydroxylation is 2. The van der Waals surface area contributed by atoms with Crippen molar-refractivity contribution < 1.29 is 9.53 Å². The minimum atomic E-state index is -0.146. The third kappa shape index (κ3) is 6.82. The predicted molar refractivity (Wildman–Crippen MR) is 160 cm³/mol. The molecule has 2 aromatic rings. The van der Waals surface area contributed by atoms with Crippen LogP contribution in [0.2, 0.25) is 0 Å². The van der Waals surface area contributed by atoms with Crippen molar-refractivity contribution in [3.8, 4) is 0 Å². The third-order valence-corrected chi connectivity index (χ3v) is 8.61. The Hall–Kier alpha value is -2.90. The number of rotatable bonds is 8. The van der Waals surface area contributed by atoms with Crippen LogP contribution in [0.15, 0.2) is 29.1 Å². The van der Waals surface area contributed by atoms with E-state index >= 15 is 0 Å². The van der Waals surface area contributed by atoms with Crippen LogP contribution in [0, 0.1) is 20.8 Å². The molecule has 0 bridgehead atoms. The number of aromatic nitrogens is 1. The third-order valence-electron chi connectivity index (χ3n) is 8.61. The summed E-state index contributed by atoms with van der Waals surface area (Å²) in [6, 6.07) is 7.33. The van der Waals surface area contributed by atoms with E-state index in [0.29, 0.717) is 36.4 Å². The quantitative estimate of drug-likeness (QED) is 0.460. The van der Waals surface area contributed by atoms with Crippen molar-refractivity contribution in [2.24, 2.45) is 0 Å². The SMILES string of the molecule is CCN(c1cc(C2=CCOCC2)cc(C(=O)NCc2c(C)cc(C)[nH]c2=O)c1C)C1CCCC(N(C)C)CC1. The lowest BCUT2D eigenvalue weighted by Crippen LogP contribution is -2.36. The number of ether oxygens (including phenoxy) is 1. The van der Waals surface area contributed by atoms with E-state index in [1.54, 1.807) is 0 Å². The minimum absolute atomic E-state index is 0.145. The summed E-state index contributed by atoms with van der Waals surface area (Å²) in [5.41, 5.74) is 7.29.